The third-order valence-corrected chi connectivity index (χ3v) is 7.67. The van der Waals surface area contributed by atoms with Gasteiger partial charge in [0, 0.05) is 37.7 Å². The van der Waals surface area contributed by atoms with Crippen LogP contribution >= 0.6 is 11.8 Å². The first kappa shape index (κ1) is 18.6. The molecule has 0 amide bonds. The van der Waals surface area contributed by atoms with Gasteiger partial charge in [-0.15, -0.1) is 0 Å². The summed E-state index contributed by atoms with van der Waals surface area (Å²) in [7, 11) is -1.33. The van der Waals surface area contributed by atoms with Crippen LogP contribution in [0.15, 0.2) is 4.99 Å². The van der Waals surface area contributed by atoms with Crippen LogP contribution < -0.4 is 5.32 Å². The van der Waals surface area contributed by atoms with Crippen molar-refractivity contribution in [2.45, 2.75) is 44.1 Å². The van der Waals surface area contributed by atoms with Gasteiger partial charge < -0.3 is 10.2 Å². The van der Waals surface area contributed by atoms with E-state index in [2.05, 4.69) is 22.1 Å². The van der Waals surface area contributed by atoms with Gasteiger partial charge in [0.25, 0.3) is 0 Å². The molecule has 1 atom stereocenters. The number of nitrogens with zero attached hydrogens (tertiary/aromatic N) is 2. The van der Waals surface area contributed by atoms with Crippen LogP contribution in [0.1, 0.15) is 34.1 Å². The van der Waals surface area contributed by atoms with Crippen LogP contribution in [0.4, 0.5) is 0 Å². The minimum absolute atomic E-state index is 0.134. The van der Waals surface area contributed by atoms with Crippen molar-refractivity contribution < 1.29 is 8.42 Å². The molecule has 1 N–H and O–H groups in total. The molecule has 0 radical (unpaired) electrons. The Bertz CT molecular complexity index is 455. The lowest BCUT2D eigenvalue weighted by Crippen LogP contribution is -2.49. The summed E-state index contributed by atoms with van der Waals surface area (Å²) in [5.41, 5.74) is 0. The molecule has 0 saturated carbocycles. The predicted molar refractivity (Wildman–Crippen MR) is 93.0 cm³/mol. The molecule has 1 saturated heterocycles. The van der Waals surface area contributed by atoms with E-state index in [9.17, 15) is 8.42 Å². The summed E-state index contributed by atoms with van der Waals surface area (Å²) in [5, 5.41) is 3.83. The minimum atomic E-state index is -3.09. The third kappa shape index (κ3) is 5.36. The Morgan fingerprint density at radius 2 is 2.10 bits per heavy atom. The summed E-state index contributed by atoms with van der Waals surface area (Å²) in [5.74, 6) is 2.05. The van der Waals surface area contributed by atoms with E-state index in [0.717, 1.165) is 31.2 Å². The monoisotopic (exact) mass is 335 g/mol. The van der Waals surface area contributed by atoms with Crippen LogP contribution in [0, 0.1) is 0 Å². The SMILES string of the molecule is CCC1CN(C(=NC)NCCS(=O)(=O)C(C)(C)C)CCS1. The van der Waals surface area contributed by atoms with Crippen LogP contribution in [0.3, 0.4) is 0 Å². The predicted octanol–water partition coefficient (Wildman–Crippen LogP) is 1.60. The first-order chi connectivity index (χ1) is 9.71. The lowest BCUT2D eigenvalue weighted by atomic mass is 10.3. The lowest BCUT2D eigenvalue weighted by molar-refractivity contribution is 0.409. The van der Waals surface area contributed by atoms with E-state index in [0.29, 0.717) is 11.8 Å². The maximum atomic E-state index is 12.1. The summed E-state index contributed by atoms with van der Waals surface area (Å²) in [6.07, 6.45) is 1.15. The van der Waals surface area contributed by atoms with Gasteiger partial charge in [0.2, 0.25) is 0 Å². The van der Waals surface area contributed by atoms with Crippen LogP contribution in [0.5, 0.6) is 0 Å². The number of guanidine groups is 1. The average molecular weight is 336 g/mol. The molecule has 0 aromatic carbocycles. The molecule has 1 aliphatic heterocycles. The number of sulfone groups is 1. The minimum Gasteiger partial charge on any atom is -0.355 e. The van der Waals surface area contributed by atoms with Crippen LogP contribution in [-0.2, 0) is 9.84 Å². The first-order valence-electron chi connectivity index (χ1n) is 7.50. The zero-order chi connectivity index (χ0) is 16.1. The van der Waals surface area contributed by atoms with Gasteiger partial charge in [0.05, 0.1) is 10.5 Å². The van der Waals surface area contributed by atoms with Crippen molar-refractivity contribution in [3.8, 4) is 0 Å². The van der Waals surface area contributed by atoms with Gasteiger partial charge in [0.15, 0.2) is 15.8 Å². The smallest absolute Gasteiger partial charge is 0.193 e. The second-order valence-electron chi connectivity index (χ2n) is 6.25. The van der Waals surface area contributed by atoms with E-state index >= 15 is 0 Å². The maximum absolute atomic E-state index is 12.1. The number of nitrogens with one attached hydrogen (secondary N) is 1. The maximum Gasteiger partial charge on any atom is 0.193 e. The summed E-state index contributed by atoms with van der Waals surface area (Å²) in [6, 6.07) is 0. The molecule has 1 fully saturated rings. The quantitative estimate of drug-likeness (QED) is 0.625. The molecule has 1 unspecified atom stereocenters. The van der Waals surface area contributed by atoms with Crippen molar-refractivity contribution in [1.29, 1.82) is 0 Å². The van der Waals surface area contributed by atoms with Gasteiger partial charge in [-0.05, 0) is 27.2 Å². The van der Waals surface area contributed by atoms with Gasteiger partial charge in [-0.3, -0.25) is 4.99 Å². The highest BCUT2D eigenvalue weighted by molar-refractivity contribution is 8.00. The third-order valence-electron chi connectivity index (χ3n) is 3.69. The highest BCUT2D eigenvalue weighted by atomic mass is 32.2. The topological polar surface area (TPSA) is 61.8 Å². The Morgan fingerprint density at radius 1 is 1.43 bits per heavy atom. The van der Waals surface area contributed by atoms with Gasteiger partial charge in [-0.2, -0.15) is 11.8 Å². The van der Waals surface area contributed by atoms with Gasteiger partial charge in [-0.25, -0.2) is 8.42 Å². The summed E-state index contributed by atoms with van der Waals surface area (Å²) in [6.45, 7) is 9.78. The Kier molecular flexibility index (Phi) is 6.84. The number of rotatable bonds is 4. The fourth-order valence-electron chi connectivity index (χ4n) is 2.09. The van der Waals surface area contributed by atoms with Crippen LogP contribution in [0.2, 0.25) is 0 Å². The Hall–Kier alpha value is -0.430. The molecule has 7 heteroatoms. The number of aliphatic imine (C=N–C) groups is 1. The van der Waals surface area contributed by atoms with Crippen molar-refractivity contribution in [3.05, 3.63) is 0 Å². The normalized spacial score (nSPS) is 21.5. The second kappa shape index (κ2) is 7.72. The van der Waals surface area contributed by atoms with Crippen molar-refractivity contribution in [1.82, 2.24) is 10.2 Å². The molecule has 21 heavy (non-hydrogen) atoms. The standard InChI is InChI=1S/C14H29N3O2S2/c1-6-12-11-17(8-9-20-12)13(15-5)16-7-10-21(18,19)14(2,3)4/h12H,6-11H2,1-5H3,(H,15,16). The fourth-order valence-corrected chi connectivity index (χ4v) is 4.26. The molecular weight excluding hydrogens is 306 g/mol. The van der Waals surface area contributed by atoms with Crippen molar-refractivity contribution >= 4 is 27.6 Å². The van der Waals surface area contributed by atoms with Crippen molar-refractivity contribution in [3.63, 3.8) is 0 Å². The molecule has 124 valence electrons. The Labute approximate surface area is 133 Å². The zero-order valence-electron chi connectivity index (χ0n) is 13.8. The van der Waals surface area contributed by atoms with E-state index in [1.165, 1.54) is 0 Å². The Balaban J connectivity index is 2.53. The van der Waals surface area contributed by atoms with Gasteiger partial charge in [-0.1, -0.05) is 6.92 Å². The van der Waals surface area contributed by atoms with E-state index in [-0.39, 0.29) is 5.75 Å². The summed E-state index contributed by atoms with van der Waals surface area (Å²) >= 11 is 2.01. The molecule has 0 aliphatic carbocycles. The van der Waals surface area contributed by atoms with E-state index in [1.54, 1.807) is 27.8 Å². The first-order valence-corrected chi connectivity index (χ1v) is 10.2. The number of thioether (sulfide) groups is 1. The molecule has 1 rings (SSSR count). The van der Waals surface area contributed by atoms with Crippen molar-refractivity contribution in [2.75, 3.05) is 38.2 Å². The average Bonchev–Trinajstić information content (AvgIpc) is 2.42. The lowest BCUT2D eigenvalue weighted by Gasteiger charge is -2.34. The summed E-state index contributed by atoms with van der Waals surface area (Å²) < 4.78 is 23.5. The highest BCUT2D eigenvalue weighted by Gasteiger charge is 2.28. The van der Waals surface area contributed by atoms with E-state index in [1.807, 2.05) is 11.8 Å². The molecule has 1 heterocycles. The molecule has 0 bridgehead atoms. The van der Waals surface area contributed by atoms with Crippen LogP contribution in [0.25, 0.3) is 0 Å². The molecule has 0 spiro atoms. The van der Waals surface area contributed by atoms with Gasteiger partial charge >= 0.3 is 0 Å². The highest BCUT2D eigenvalue weighted by Crippen LogP contribution is 2.21. The Morgan fingerprint density at radius 3 is 2.62 bits per heavy atom. The van der Waals surface area contributed by atoms with E-state index < -0.39 is 14.6 Å². The van der Waals surface area contributed by atoms with Gasteiger partial charge in [0.1, 0.15) is 0 Å². The number of hydrogen-bond donors (Lipinski definition) is 1. The van der Waals surface area contributed by atoms with Crippen LogP contribution in [-0.4, -0.2) is 67.5 Å². The second-order valence-corrected chi connectivity index (χ2v) is 10.5. The van der Waals surface area contributed by atoms with E-state index in [4.69, 9.17) is 0 Å². The zero-order valence-corrected chi connectivity index (χ0v) is 15.5. The fraction of sp³-hybridized carbons (Fsp3) is 0.929. The molecule has 5 nitrogen and oxygen atoms in total. The number of hydrogen-bond acceptors (Lipinski definition) is 4. The summed E-state index contributed by atoms with van der Waals surface area (Å²) in [4.78, 5) is 6.52. The largest absolute Gasteiger partial charge is 0.355 e. The molecular formula is C14H29N3O2S2. The molecule has 1 aliphatic rings. The van der Waals surface area contributed by atoms with Crippen molar-refractivity contribution in [2.24, 2.45) is 4.99 Å². The molecule has 0 aromatic rings. The molecule has 0 aromatic heterocycles.